The fourth-order valence-electron chi connectivity index (χ4n) is 3.15. The number of carbonyl (C=O) groups excluding carboxylic acids is 2. The zero-order valence-corrected chi connectivity index (χ0v) is 14.7. The first-order valence-electron chi connectivity index (χ1n) is 8.61. The predicted molar refractivity (Wildman–Crippen MR) is 92.1 cm³/mol. The lowest BCUT2D eigenvalue weighted by Gasteiger charge is -2.32. The number of H-pyrrole nitrogens is 1. The highest BCUT2D eigenvalue weighted by atomic mass is 19.4. The number of hydrogen-bond acceptors (Lipinski definition) is 3. The van der Waals surface area contributed by atoms with Gasteiger partial charge >= 0.3 is 6.36 Å². The normalized spacial score (nSPS) is 15.9. The zero-order chi connectivity index (χ0) is 19.6. The zero-order valence-electron chi connectivity index (χ0n) is 14.7. The third-order valence-electron chi connectivity index (χ3n) is 4.52. The van der Waals surface area contributed by atoms with Crippen LogP contribution in [0, 0.1) is 6.92 Å². The van der Waals surface area contributed by atoms with Gasteiger partial charge in [0.05, 0.1) is 12.6 Å². The largest absolute Gasteiger partial charge is 0.522 e. The number of carbonyl (C=O) groups is 2. The number of aromatic amines is 1. The Morgan fingerprint density at radius 1 is 1.26 bits per heavy atom. The topological polar surface area (TPSA) is 74.4 Å². The molecule has 0 atom stereocenters. The van der Waals surface area contributed by atoms with Crippen LogP contribution in [0.15, 0.2) is 24.3 Å². The summed E-state index contributed by atoms with van der Waals surface area (Å²) in [6.07, 6.45) is -5.37. The Bertz CT molecular complexity index is 839. The number of fused-ring (bicyclic) bond motifs is 1. The van der Waals surface area contributed by atoms with Crippen molar-refractivity contribution < 1.29 is 27.5 Å². The number of nitrogens with zero attached hydrogens (tertiary/aromatic N) is 1. The molecule has 9 heteroatoms. The number of alkyl halides is 3. The van der Waals surface area contributed by atoms with Crippen molar-refractivity contribution in [2.45, 2.75) is 32.2 Å². The van der Waals surface area contributed by atoms with E-state index in [2.05, 4.69) is 15.0 Å². The summed E-state index contributed by atoms with van der Waals surface area (Å²) >= 11 is 0. The lowest BCUT2D eigenvalue weighted by atomic mass is 10.1. The number of hydrogen-bond donors (Lipinski definition) is 2. The van der Waals surface area contributed by atoms with Crippen LogP contribution in [0.3, 0.4) is 0 Å². The maximum absolute atomic E-state index is 12.2. The standard InChI is InChI=1S/C18H20F3N3O3/c1-11-2-3-14-12(8-11)9-15(23-14)17(26)22-10-16(25)24-6-4-13(5-7-24)27-18(19,20)21/h2-3,8-9,13,23H,4-7,10H2,1H3,(H,22,26). The number of benzene rings is 1. The van der Waals surface area contributed by atoms with Crippen molar-refractivity contribution in [1.29, 1.82) is 0 Å². The number of piperidine rings is 1. The summed E-state index contributed by atoms with van der Waals surface area (Å²) in [5, 5.41) is 3.45. The van der Waals surface area contributed by atoms with Gasteiger partial charge in [-0.3, -0.25) is 14.3 Å². The van der Waals surface area contributed by atoms with E-state index in [1.165, 1.54) is 4.90 Å². The Labute approximate surface area is 153 Å². The van der Waals surface area contributed by atoms with Gasteiger partial charge in [-0.15, -0.1) is 13.2 Å². The van der Waals surface area contributed by atoms with Crippen molar-refractivity contribution >= 4 is 22.7 Å². The average molecular weight is 383 g/mol. The molecule has 146 valence electrons. The van der Waals surface area contributed by atoms with Crippen LogP contribution in [-0.4, -0.2) is 53.8 Å². The van der Waals surface area contributed by atoms with E-state index in [0.29, 0.717) is 5.69 Å². The summed E-state index contributed by atoms with van der Waals surface area (Å²) in [5.41, 5.74) is 2.24. The molecule has 0 bridgehead atoms. The van der Waals surface area contributed by atoms with Gasteiger partial charge in [0.25, 0.3) is 5.91 Å². The van der Waals surface area contributed by atoms with Crippen LogP contribution in [0.2, 0.25) is 0 Å². The number of aryl methyl sites for hydroxylation is 1. The summed E-state index contributed by atoms with van der Waals surface area (Å²) in [7, 11) is 0. The molecule has 0 saturated carbocycles. The van der Waals surface area contributed by atoms with Crippen LogP contribution in [0.5, 0.6) is 0 Å². The van der Waals surface area contributed by atoms with Gasteiger partial charge in [-0.05, 0) is 38.0 Å². The molecule has 1 aliphatic rings. The van der Waals surface area contributed by atoms with Gasteiger partial charge in [-0.25, -0.2) is 0 Å². The maximum atomic E-state index is 12.2. The Morgan fingerprint density at radius 3 is 2.63 bits per heavy atom. The molecule has 0 unspecified atom stereocenters. The van der Waals surface area contributed by atoms with Crippen molar-refractivity contribution in [2.75, 3.05) is 19.6 Å². The van der Waals surface area contributed by atoms with Crippen molar-refractivity contribution in [3.8, 4) is 0 Å². The van der Waals surface area contributed by atoms with Crippen LogP contribution >= 0.6 is 0 Å². The number of rotatable bonds is 4. The Balaban J connectivity index is 1.49. The molecule has 1 saturated heterocycles. The van der Waals surface area contributed by atoms with E-state index < -0.39 is 18.4 Å². The Morgan fingerprint density at radius 2 is 1.96 bits per heavy atom. The molecule has 0 spiro atoms. The van der Waals surface area contributed by atoms with Crippen LogP contribution in [0.25, 0.3) is 10.9 Å². The molecule has 6 nitrogen and oxygen atoms in total. The molecule has 1 aromatic heterocycles. The third-order valence-corrected chi connectivity index (χ3v) is 4.52. The van der Waals surface area contributed by atoms with Crippen LogP contribution in [0.4, 0.5) is 13.2 Å². The fourth-order valence-corrected chi connectivity index (χ4v) is 3.15. The SMILES string of the molecule is Cc1ccc2[nH]c(C(=O)NCC(=O)N3CCC(OC(F)(F)F)CC3)cc2c1. The quantitative estimate of drug-likeness (QED) is 0.853. The third kappa shape index (κ3) is 5.00. The number of likely N-dealkylation sites (tertiary alicyclic amines) is 1. The van der Waals surface area contributed by atoms with Gasteiger partial charge in [-0.1, -0.05) is 11.6 Å². The average Bonchev–Trinajstić information content (AvgIpc) is 3.01. The summed E-state index contributed by atoms with van der Waals surface area (Å²) < 4.78 is 40.6. The van der Waals surface area contributed by atoms with E-state index >= 15 is 0 Å². The van der Waals surface area contributed by atoms with Crippen molar-refractivity contribution in [1.82, 2.24) is 15.2 Å². The molecule has 1 aliphatic heterocycles. The molecular formula is C18H20F3N3O3. The van der Waals surface area contributed by atoms with Crippen molar-refractivity contribution in [2.24, 2.45) is 0 Å². The molecule has 3 rings (SSSR count). The fraction of sp³-hybridized carbons (Fsp3) is 0.444. The molecule has 2 aromatic rings. The van der Waals surface area contributed by atoms with Gasteiger partial charge in [0.2, 0.25) is 5.91 Å². The molecule has 2 N–H and O–H groups in total. The predicted octanol–water partition coefficient (Wildman–Crippen LogP) is 2.73. The second-order valence-electron chi connectivity index (χ2n) is 6.60. The minimum absolute atomic E-state index is 0.112. The number of nitrogens with one attached hydrogen (secondary N) is 2. The summed E-state index contributed by atoms with van der Waals surface area (Å²) in [4.78, 5) is 28.8. The number of aromatic nitrogens is 1. The molecule has 2 amide bonds. The molecule has 1 fully saturated rings. The van der Waals surface area contributed by atoms with E-state index in [-0.39, 0.29) is 38.4 Å². The first-order valence-corrected chi connectivity index (χ1v) is 8.61. The summed E-state index contributed by atoms with van der Waals surface area (Å²) in [6, 6.07) is 7.46. The van der Waals surface area contributed by atoms with Gasteiger partial charge < -0.3 is 15.2 Å². The molecule has 2 heterocycles. The van der Waals surface area contributed by atoms with Crippen molar-refractivity contribution in [3.63, 3.8) is 0 Å². The molecule has 0 aliphatic carbocycles. The first-order chi connectivity index (χ1) is 12.7. The first kappa shape index (κ1) is 19.2. The van der Waals surface area contributed by atoms with Gasteiger partial charge in [-0.2, -0.15) is 0 Å². The van der Waals surface area contributed by atoms with Crippen LogP contribution in [0.1, 0.15) is 28.9 Å². The summed E-state index contributed by atoms with van der Waals surface area (Å²) in [6.45, 7) is 2.08. The van der Waals surface area contributed by atoms with Crippen LogP contribution < -0.4 is 5.32 Å². The number of amides is 2. The summed E-state index contributed by atoms with van der Waals surface area (Å²) in [5.74, 6) is -0.742. The van der Waals surface area contributed by atoms with E-state index in [0.717, 1.165) is 16.5 Å². The second kappa shape index (κ2) is 7.59. The van der Waals surface area contributed by atoms with Gasteiger partial charge in [0.15, 0.2) is 0 Å². The Kier molecular flexibility index (Phi) is 5.41. The monoisotopic (exact) mass is 383 g/mol. The smallest absolute Gasteiger partial charge is 0.351 e. The second-order valence-corrected chi connectivity index (χ2v) is 6.60. The van der Waals surface area contributed by atoms with E-state index in [9.17, 15) is 22.8 Å². The highest BCUT2D eigenvalue weighted by Crippen LogP contribution is 2.24. The molecular weight excluding hydrogens is 363 g/mol. The van der Waals surface area contributed by atoms with Crippen molar-refractivity contribution in [3.05, 3.63) is 35.5 Å². The number of ether oxygens (including phenoxy) is 1. The number of halogens is 3. The van der Waals surface area contributed by atoms with Crippen LogP contribution in [-0.2, 0) is 9.53 Å². The highest BCUT2D eigenvalue weighted by Gasteiger charge is 2.35. The minimum Gasteiger partial charge on any atom is -0.351 e. The van der Waals surface area contributed by atoms with Gasteiger partial charge in [0, 0.05) is 24.0 Å². The molecule has 1 aromatic carbocycles. The lowest BCUT2D eigenvalue weighted by Crippen LogP contribution is -2.46. The van der Waals surface area contributed by atoms with E-state index in [4.69, 9.17) is 0 Å². The van der Waals surface area contributed by atoms with E-state index in [1.54, 1.807) is 6.07 Å². The minimum atomic E-state index is -4.66. The highest BCUT2D eigenvalue weighted by molar-refractivity contribution is 5.99. The maximum Gasteiger partial charge on any atom is 0.522 e. The molecule has 27 heavy (non-hydrogen) atoms. The van der Waals surface area contributed by atoms with Gasteiger partial charge in [0.1, 0.15) is 5.69 Å². The Hall–Kier alpha value is -2.55. The lowest BCUT2D eigenvalue weighted by molar-refractivity contribution is -0.345. The van der Waals surface area contributed by atoms with E-state index in [1.807, 2.05) is 25.1 Å². The molecule has 0 radical (unpaired) electrons.